The number of fused-ring (bicyclic) bond motifs is 8. The molecule has 8 heterocycles. The summed E-state index contributed by atoms with van der Waals surface area (Å²) in [5, 5.41) is 18.1. The SMILES string of the molecule is CCCN(C)C(=O)[C@H]1CCc2c(sc3ncnc(Nc4cc5c(cn4)CN=C5)c23)C1.O=C(O)[C@H]1CCc2c(sc3ncnc(Nc4cc5c(cn4)CN=C5)c23)C1. The van der Waals surface area contributed by atoms with Gasteiger partial charge in [0.2, 0.25) is 5.91 Å². The molecule has 0 unspecified atom stereocenters. The molecule has 16 heteroatoms. The van der Waals surface area contributed by atoms with E-state index < -0.39 is 5.97 Å². The van der Waals surface area contributed by atoms with Crippen molar-refractivity contribution >= 4 is 90.7 Å². The molecule has 1 amide bonds. The number of carboxylic acids is 1. The lowest BCUT2D eigenvalue weighted by Crippen LogP contribution is -2.35. The summed E-state index contributed by atoms with van der Waals surface area (Å²) in [6.45, 7) is 4.30. The molecule has 2 aliphatic carbocycles. The average Bonchev–Trinajstić information content (AvgIpc) is 4.02. The minimum Gasteiger partial charge on any atom is -0.481 e. The molecule has 6 aromatic rings. The number of aliphatic carboxylic acids is 1. The predicted molar refractivity (Wildman–Crippen MR) is 219 cm³/mol. The van der Waals surface area contributed by atoms with Crippen LogP contribution in [0.5, 0.6) is 0 Å². The van der Waals surface area contributed by atoms with Crippen molar-refractivity contribution in [2.75, 3.05) is 24.2 Å². The third-order valence-electron chi connectivity index (χ3n) is 10.8. The van der Waals surface area contributed by atoms with Crippen LogP contribution in [0.25, 0.3) is 20.4 Å². The molecular weight excluding hydrogens is 747 g/mol. The Balaban J connectivity index is 0.000000148. The molecule has 10 rings (SSSR count). The number of carboxylic acid groups (broad SMARTS) is 1. The maximum Gasteiger partial charge on any atom is 0.306 e. The van der Waals surface area contributed by atoms with Crippen LogP contribution in [0.1, 0.15) is 69.3 Å². The van der Waals surface area contributed by atoms with Crippen LogP contribution in [0.2, 0.25) is 0 Å². The molecule has 3 N–H and O–H groups in total. The van der Waals surface area contributed by atoms with E-state index in [1.54, 1.807) is 29.0 Å². The standard InChI is InChI=1S/C22H24N6OS.C18H15N5O2S/c1-3-6-28(2)22(29)13-4-5-16-17(7-13)30-21-19(16)20(25-12-26-21)27-18-8-14-9-23-10-15(14)11-24-18;24-18(25)9-1-2-12-13(3-9)26-17-15(12)16(21-8-22-17)23-14-4-10-5-19-6-11(10)7-20-14/h8-9,11-13H,3-7,10H2,1-2H3,(H,24,25,26,27);4-5,7-9H,1-3,6H2,(H,24,25)(H,20,21,22,23)/t13-;9-/m00/s1. The smallest absolute Gasteiger partial charge is 0.306 e. The number of carbonyl (C=O) groups excluding carboxylic acids is 1. The van der Waals surface area contributed by atoms with Gasteiger partial charge in [0.25, 0.3) is 0 Å². The van der Waals surface area contributed by atoms with Crippen LogP contribution in [0.15, 0.2) is 47.2 Å². The molecule has 6 aromatic heterocycles. The number of nitrogens with one attached hydrogen (secondary N) is 2. The van der Waals surface area contributed by atoms with Crippen LogP contribution >= 0.6 is 22.7 Å². The largest absolute Gasteiger partial charge is 0.481 e. The quantitative estimate of drug-likeness (QED) is 0.150. The maximum atomic E-state index is 12.8. The Morgan fingerprint density at radius 1 is 0.768 bits per heavy atom. The van der Waals surface area contributed by atoms with Crippen LogP contribution in [-0.4, -0.2) is 77.8 Å². The van der Waals surface area contributed by atoms with Crippen molar-refractivity contribution in [3.63, 3.8) is 0 Å². The van der Waals surface area contributed by atoms with Gasteiger partial charge in [-0.3, -0.25) is 19.6 Å². The first kappa shape index (κ1) is 35.9. The monoisotopic (exact) mass is 785 g/mol. The van der Waals surface area contributed by atoms with Crippen LogP contribution in [0.3, 0.4) is 0 Å². The van der Waals surface area contributed by atoms with E-state index in [0.29, 0.717) is 25.9 Å². The number of rotatable bonds is 8. The van der Waals surface area contributed by atoms with Crippen LogP contribution in [0.4, 0.5) is 23.3 Å². The second-order valence-corrected chi connectivity index (χ2v) is 16.7. The van der Waals surface area contributed by atoms with E-state index in [2.05, 4.69) is 57.4 Å². The van der Waals surface area contributed by atoms with Gasteiger partial charge >= 0.3 is 5.97 Å². The van der Waals surface area contributed by atoms with Crippen molar-refractivity contribution in [1.82, 2.24) is 34.8 Å². The van der Waals surface area contributed by atoms with E-state index in [0.717, 1.165) is 109 Å². The highest BCUT2D eigenvalue weighted by Crippen LogP contribution is 2.42. The summed E-state index contributed by atoms with van der Waals surface area (Å²) in [4.78, 5) is 65.6. The van der Waals surface area contributed by atoms with Gasteiger partial charge in [-0.15, -0.1) is 22.7 Å². The fraction of sp³-hybridized carbons (Fsp3) is 0.350. The van der Waals surface area contributed by atoms with Crippen LogP contribution in [0, 0.1) is 11.8 Å². The number of pyridine rings is 2. The van der Waals surface area contributed by atoms with E-state index >= 15 is 0 Å². The second kappa shape index (κ2) is 15.1. The van der Waals surface area contributed by atoms with Crippen molar-refractivity contribution in [1.29, 1.82) is 0 Å². The topological polar surface area (TPSA) is 184 Å². The van der Waals surface area contributed by atoms with E-state index in [1.165, 1.54) is 22.3 Å². The minimum absolute atomic E-state index is 0.0594. The molecule has 0 saturated heterocycles. The zero-order chi connectivity index (χ0) is 38.3. The lowest BCUT2D eigenvalue weighted by atomic mass is 9.87. The first-order valence-electron chi connectivity index (χ1n) is 18.8. The van der Waals surface area contributed by atoms with Crippen molar-refractivity contribution < 1.29 is 14.7 Å². The summed E-state index contributed by atoms with van der Waals surface area (Å²) in [7, 11) is 1.91. The van der Waals surface area contributed by atoms with Gasteiger partial charge in [0, 0.05) is 76.3 Å². The highest BCUT2D eigenvalue weighted by Gasteiger charge is 2.31. The molecule has 0 radical (unpaired) electrons. The normalized spacial score (nSPS) is 17.5. The van der Waals surface area contributed by atoms with Crippen molar-refractivity contribution in [3.05, 3.63) is 80.3 Å². The Morgan fingerprint density at radius 3 is 1.80 bits per heavy atom. The highest BCUT2D eigenvalue weighted by atomic mass is 32.1. The summed E-state index contributed by atoms with van der Waals surface area (Å²) in [5.41, 5.74) is 6.89. The lowest BCUT2D eigenvalue weighted by Gasteiger charge is -2.26. The number of amides is 1. The summed E-state index contributed by atoms with van der Waals surface area (Å²) in [6, 6.07) is 3.98. The average molecular weight is 786 g/mol. The lowest BCUT2D eigenvalue weighted by molar-refractivity contribution is -0.142. The van der Waals surface area contributed by atoms with Gasteiger partial charge in [0.15, 0.2) is 0 Å². The fourth-order valence-corrected chi connectivity index (χ4v) is 10.5. The summed E-state index contributed by atoms with van der Waals surface area (Å²) in [5.74, 6) is 2.27. The molecule has 284 valence electrons. The zero-order valence-corrected chi connectivity index (χ0v) is 32.6. The first-order chi connectivity index (χ1) is 27.3. The molecule has 0 saturated carbocycles. The van der Waals surface area contributed by atoms with Gasteiger partial charge in [-0.05, 0) is 68.2 Å². The predicted octanol–water partition coefficient (Wildman–Crippen LogP) is 6.69. The third-order valence-corrected chi connectivity index (χ3v) is 13.2. The molecule has 56 heavy (non-hydrogen) atoms. The molecule has 0 bridgehead atoms. The van der Waals surface area contributed by atoms with E-state index in [4.69, 9.17) is 0 Å². The number of nitrogens with zero attached hydrogens (tertiary/aromatic N) is 9. The maximum absolute atomic E-state index is 12.8. The number of aromatic nitrogens is 6. The number of aliphatic imine (C=N–C) groups is 2. The molecule has 2 aliphatic heterocycles. The number of hydrogen-bond acceptors (Lipinski definition) is 14. The number of aryl methyl sites for hydroxylation is 2. The molecule has 0 aromatic carbocycles. The van der Waals surface area contributed by atoms with Gasteiger partial charge in [0.05, 0.1) is 29.8 Å². The molecule has 2 atom stereocenters. The van der Waals surface area contributed by atoms with Crippen LogP contribution in [-0.2, 0) is 48.4 Å². The second-order valence-electron chi connectivity index (χ2n) is 14.5. The summed E-state index contributed by atoms with van der Waals surface area (Å²) >= 11 is 3.26. The number of anilines is 4. The fourth-order valence-electron chi connectivity index (χ4n) is 7.96. The van der Waals surface area contributed by atoms with Gasteiger partial charge in [0.1, 0.15) is 45.6 Å². The molecular formula is C40H39N11O3S2. The summed E-state index contributed by atoms with van der Waals surface area (Å²) < 4.78 is 0. The van der Waals surface area contributed by atoms with E-state index in [1.807, 2.05) is 48.9 Å². The van der Waals surface area contributed by atoms with Gasteiger partial charge in [-0.25, -0.2) is 29.9 Å². The summed E-state index contributed by atoms with van der Waals surface area (Å²) in [6.07, 6.45) is 16.0. The number of carbonyl (C=O) groups is 2. The van der Waals surface area contributed by atoms with E-state index in [9.17, 15) is 14.7 Å². The van der Waals surface area contributed by atoms with Crippen molar-refractivity contribution in [3.8, 4) is 0 Å². The number of hydrogen-bond donors (Lipinski definition) is 3. The minimum atomic E-state index is -0.721. The Hall–Kier alpha value is -5.74. The molecule has 0 spiro atoms. The molecule has 0 fully saturated rings. The first-order valence-corrected chi connectivity index (χ1v) is 20.5. The van der Waals surface area contributed by atoms with Gasteiger partial charge in [-0.1, -0.05) is 6.92 Å². The Bertz CT molecular complexity index is 2580. The highest BCUT2D eigenvalue weighted by molar-refractivity contribution is 7.19. The van der Waals surface area contributed by atoms with Gasteiger partial charge in [-0.2, -0.15) is 0 Å². The Morgan fingerprint density at radius 2 is 1.29 bits per heavy atom. The van der Waals surface area contributed by atoms with E-state index in [-0.39, 0.29) is 17.7 Å². The molecule has 14 nitrogen and oxygen atoms in total. The van der Waals surface area contributed by atoms with Gasteiger partial charge < -0.3 is 20.6 Å². The van der Waals surface area contributed by atoms with Crippen molar-refractivity contribution in [2.24, 2.45) is 21.8 Å². The molecule has 4 aliphatic rings. The van der Waals surface area contributed by atoms with Crippen molar-refractivity contribution in [2.45, 2.75) is 65.0 Å². The Labute approximate surface area is 330 Å². The Kier molecular flexibility index (Phi) is 9.67. The zero-order valence-electron chi connectivity index (χ0n) is 30.9. The van der Waals surface area contributed by atoms with Crippen LogP contribution < -0.4 is 10.6 Å². The third kappa shape index (κ3) is 6.87. The number of thiophene rings is 2.